The second-order valence-electron chi connectivity index (χ2n) is 6.50. The molecule has 0 bridgehead atoms. The van der Waals surface area contributed by atoms with Crippen LogP contribution in [0.25, 0.3) is 0 Å². The van der Waals surface area contributed by atoms with Gasteiger partial charge in [-0.3, -0.25) is 14.7 Å². The van der Waals surface area contributed by atoms with Crippen molar-refractivity contribution < 1.29 is 4.79 Å². The zero-order valence-electron chi connectivity index (χ0n) is 15.4. The van der Waals surface area contributed by atoms with Crippen LogP contribution in [-0.4, -0.2) is 40.3 Å². The van der Waals surface area contributed by atoms with E-state index < -0.39 is 0 Å². The minimum atomic E-state index is 0.188. The molecule has 134 valence electrons. The highest BCUT2D eigenvalue weighted by Crippen LogP contribution is 2.30. The van der Waals surface area contributed by atoms with E-state index in [0.717, 1.165) is 56.8 Å². The molecule has 4 nitrogen and oxygen atoms in total. The smallest absolute Gasteiger partial charge is 0.254 e. The predicted octanol–water partition coefficient (Wildman–Crippen LogP) is 3.75. The number of rotatable bonds is 6. The molecule has 25 heavy (non-hydrogen) atoms. The van der Waals surface area contributed by atoms with Crippen LogP contribution in [0.2, 0.25) is 0 Å². The van der Waals surface area contributed by atoms with Gasteiger partial charge in [-0.2, -0.15) is 0 Å². The highest BCUT2D eigenvalue weighted by molar-refractivity contribution is 7.10. The van der Waals surface area contributed by atoms with Crippen molar-refractivity contribution in [2.45, 2.75) is 46.7 Å². The van der Waals surface area contributed by atoms with Crippen molar-refractivity contribution in [2.75, 3.05) is 19.6 Å². The first kappa shape index (κ1) is 18.1. The molecule has 2 aromatic heterocycles. The van der Waals surface area contributed by atoms with Crippen LogP contribution in [-0.2, 0) is 25.9 Å². The van der Waals surface area contributed by atoms with E-state index in [1.165, 1.54) is 16.0 Å². The number of carbonyl (C=O) groups is 1. The fraction of sp³-hybridized carbons (Fsp3) is 0.500. The summed E-state index contributed by atoms with van der Waals surface area (Å²) >= 11 is 1.73. The van der Waals surface area contributed by atoms with Gasteiger partial charge in [0.1, 0.15) is 0 Å². The zero-order chi connectivity index (χ0) is 17.8. The Kier molecular flexibility index (Phi) is 5.86. The predicted molar refractivity (Wildman–Crippen MR) is 103 cm³/mol. The third-order valence-electron chi connectivity index (χ3n) is 4.99. The van der Waals surface area contributed by atoms with Crippen molar-refractivity contribution in [3.05, 3.63) is 51.0 Å². The normalized spacial score (nSPS) is 14.4. The number of fused-ring (bicyclic) bond motifs is 1. The van der Waals surface area contributed by atoms with Crippen LogP contribution in [0.15, 0.2) is 23.7 Å². The van der Waals surface area contributed by atoms with Gasteiger partial charge in [0.25, 0.3) is 5.91 Å². The summed E-state index contributed by atoms with van der Waals surface area (Å²) in [4.78, 5) is 22.9. The van der Waals surface area contributed by atoms with Crippen LogP contribution >= 0.6 is 11.3 Å². The van der Waals surface area contributed by atoms with Gasteiger partial charge in [0.15, 0.2) is 0 Å². The zero-order valence-corrected chi connectivity index (χ0v) is 16.2. The molecule has 1 amide bonds. The number of amides is 1. The van der Waals surface area contributed by atoms with E-state index in [1.54, 1.807) is 11.3 Å². The van der Waals surface area contributed by atoms with Gasteiger partial charge in [-0.15, -0.1) is 11.3 Å². The van der Waals surface area contributed by atoms with Gasteiger partial charge >= 0.3 is 0 Å². The Labute approximate surface area is 154 Å². The van der Waals surface area contributed by atoms with Crippen LogP contribution < -0.4 is 0 Å². The molecule has 1 aliphatic rings. The minimum Gasteiger partial charge on any atom is -0.339 e. The van der Waals surface area contributed by atoms with Crippen LogP contribution in [0.3, 0.4) is 0 Å². The summed E-state index contributed by atoms with van der Waals surface area (Å²) in [5.41, 5.74) is 4.60. The molecule has 0 atom stereocenters. The molecule has 0 saturated carbocycles. The van der Waals surface area contributed by atoms with E-state index in [4.69, 9.17) is 0 Å². The third-order valence-corrected chi connectivity index (χ3v) is 6.00. The van der Waals surface area contributed by atoms with Crippen molar-refractivity contribution in [1.82, 2.24) is 14.8 Å². The Balaban J connectivity index is 1.69. The molecule has 2 aromatic rings. The van der Waals surface area contributed by atoms with Gasteiger partial charge in [-0.05, 0) is 43.9 Å². The summed E-state index contributed by atoms with van der Waals surface area (Å²) in [6.45, 7) is 10.5. The minimum absolute atomic E-state index is 0.188. The van der Waals surface area contributed by atoms with Gasteiger partial charge in [0, 0.05) is 49.2 Å². The maximum Gasteiger partial charge on any atom is 0.254 e. The van der Waals surface area contributed by atoms with E-state index in [1.807, 2.05) is 24.9 Å². The summed E-state index contributed by atoms with van der Waals surface area (Å²) < 4.78 is 0. The maximum absolute atomic E-state index is 12.7. The second-order valence-corrected chi connectivity index (χ2v) is 7.46. The lowest BCUT2D eigenvalue weighted by atomic mass is 10.0. The van der Waals surface area contributed by atoms with Crippen molar-refractivity contribution in [1.29, 1.82) is 0 Å². The van der Waals surface area contributed by atoms with Crippen molar-refractivity contribution in [3.8, 4) is 0 Å². The molecule has 5 heteroatoms. The van der Waals surface area contributed by atoms with E-state index in [0.29, 0.717) is 0 Å². The molecule has 3 rings (SSSR count). The monoisotopic (exact) mass is 357 g/mol. The fourth-order valence-corrected chi connectivity index (χ4v) is 4.48. The lowest BCUT2D eigenvalue weighted by Gasteiger charge is -2.27. The number of aromatic nitrogens is 1. The highest BCUT2D eigenvalue weighted by Gasteiger charge is 2.25. The maximum atomic E-state index is 12.7. The molecule has 0 spiro atoms. The summed E-state index contributed by atoms with van der Waals surface area (Å²) in [5, 5.41) is 2.06. The van der Waals surface area contributed by atoms with E-state index >= 15 is 0 Å². The summed E-state index contributed by atoms with van der Waals surface area (Å²) in [5.74, 6) is 0.188. The Hall–Kier alpha value is -1.72. The Morgan fingerprint density at radius 2 is 2.08 bits per heavy atom. The van der Waals surface area contributed by atoms with E-state index in [2.05, 4.69) is 34.3 Å². The molecule has 0 radical (unpaired) electrons. The first-order valence-corrected chi connectivity index (χ1v) is 10.1. The summed E-state index contributed by atoms with van der Waals surface area (Å²) in [7, 11) is 0. The standard InChI is InChI=1S/C20H27N3OS/c1-4-15-7-8-16(21-11-15)12-22-10-9-17-18(14-25-19(17)13-22)20(24)23(5-2)6-3/h7-8,11,14H,4-6,9-10,12-13H2,1-3H3. The average Bonchev–Trinajstić information content (AvgIpc) is 3.06. The van der Waals surface area contributed by atoms with Crippen LogP contribution in [0, 0.1) is 0 Å². The SMILES string of the molecule is CCc1ccc(CN2CCc3c(C(=O)N(CC)CC)csc3C2)nc1. The lowest BCUT2D eigenvalue weighted by Crippen LogP contribution is -2.33. The molecule has 0 aliphatic carbocycles. The summed E-state index contributed by atoms with van der Waals surface area (Å²) in [6.07, 6.45) is 3.96. The number of aryl methyl sites for hydroxylation is 1. The van der Waals surface area contributed by atoms with E-state index in [-0.39, 0.29) is 5.91 Å². The van der Waals surface area contributed by atoms with Gasteiger partial charge in [0.2, 0.25) is 0 Å². The fourth-order valence-electron chi connectivity index (χ4n) is 3.36. The first-order valence-electron chi connectivity index (χ1n) is 9.20. The molecule has 0 fully saturated rings. The van der Waals surface area contributed by atoms with Gasteiger partial charge in [-0.1, -0.05) is 13.0 Å². The molecule has 0 aromatic carbocycles. The second kappa shape index (κ2) is 8.11. The first-order chi connectivity index (χ1) is 12.2. The molecule has 0 unspecified atom stereocenters. The van der Waals surface area contributed by atoms with Crippen LogP contribution in [0.1, 0.15) is 52.8 Å². The molecule has 1 aliphatic heterocycles. The molecular formula is C20H27N3OS. The van der Waals surface area contributed by atoms with Crippen molar-refractivity contribution >= 4 is 17.2 Å². The molecule has 3 heterocycles. The molecule has 0 N–H and O–H groups in total. The average molecular weight is 358 g/mol. The topological polar surface area (TPSA) is 36.4 Å². The lowest BCUT2D eigenvalue weighted by molar-refractivity contribution is 0.0771. The largest absolute Gasteiger partial charge is 0.339 e. The van der Waals surface area contributed by atoms with Crippen LogP contribution in [0.4, 0.5) is 0 Å². The van der Waals surface area contributed by atoms with Crippen LogP contribution in [0.5, 0.6) is 0 Å². The number of hydrogen-bond acceptors (Lipinski definition) is 4. The number of hydrogen-bond donors (Lipinski definition) is 0. The van der Waals surface area contributed by atoms with Crippen molar-refractivity contribution in [3.63, 3.8) is 0 Å². The van der Waals surface area contributed by atoms with Gasteiger partial charge < -0.3 is 4.90 Å². The Bertz CT molecular complexity index is 719. The molecular weight excluding hydrogens is 330 g/mol. The van der Waals surface area contributed by atoms with Gasteiger partial charge in [0.05, 0.1) is 11.3 Å². The van der Waals surface area contributed by atoms with Crippen molar-refractivity contribution in [2.24, 2.45) is 0 Å². The number of pyridine rings is 1. The number of thiophene rings is 1. The highest BCUT2D eigenvalue weighted by atomic mass is 32.1. The Morgan fingerprint density at radius 3 is 2.72 bits per heavy atom. The number of nitrogens with zero attached hydrogens (tertiary/aromatic N) is 3. The Morgan fingerprint density at radius 1 is 1.28 bits per heavy atom. The van der Waals surface area contributed by atoms with Gasteiger partial charge in [-0.25, -0.2) is 0 Å². The molecule has 0 saturated heterocycles. The van der Waals surface area contributed by atoms with E-state index in [9.17, 15) is 4.79 Å². The quantitative estimate of drug-likeness (QED) is 0.790. The summed E-state index contributed by atoms with van der Waals surface area (Å²) in [6, 6.07) is 4.31. The third kappa shape index (κ3) is 3.93. The number of carbonyl (C=O) groups excluding carboxylic acids is 1.